The smallest absolute Gasteiger partial charge is 0.326 e. The second kappa shape index (κ2) is 49.5. The van der Waals surface area contributed by atoms with Crippen LogP contribution in [-0.4, -0.2) is 230 Å². The number of hydrogen-bond donors (Lipinski definition) is 28. The summed E-state index contributed by atoms with van der Waals surface area (Å²) >= 11 is 0. The second-order valence-electron chi connectivity index (χ2n) is 22.6. The Kier molecular flexibility index (Phi) is 43.6. The van der Waals surface area contributed by atoms with Crippen molar-refractivity contribution in [2.75, 3.05) is 45.8 Å². The predicted octanol–water partition coefficient (Wildman–Crippen LogP) is -15.2. The highest BCUT2D eigenvalue weighted by atomic mass is 16.4. The maximum absolute atomic E-state index is 14.6. The fourth-order valence-corrected chi connectivity index (χ4v) is 8.96. The van der Waals surface area contributed by atoms with Gasteiger partial charge in [0, 0.05) is 45.8 Å². The molecule has 0 saturated carbocycles. The number of nitrogens with zero attached hydrogens (tertiary/aromatic N) is 7. The Labute approximate surface area is 585 Å². The average molecular weight is 1450 g/mol. The van der Waals surface area contributed by atoms with Crippen LogP contribution in [0.1, 0.15) is 109 Å². The first kappa shape index (κ1) is 90.0. The van der Waals surface area contributed by atoms with Crippen molar-refractivity contribution < 1.29 is 67.4 Å². The molecule has 0 fully saturated rings. The molecule has 0 radical (unpaired) electrons. The largest absolute Gasteiger partial charge is 0.480 e. The Hall–Kier alpha value is -12.0. The molecule has 46 N–H and O–H groups in total. The van der Waals surface area contributed by atoms with Gasteiger partial charge in [-0.3, -0.25) is 92.5 Å². The number of aliphatic carboxylic acids is 1. The molecule has 0 rings (SSSR count). The number of carbonyl (C=O) groups is 13. The first-order chi connectivity index (χ1) is 47.8. The summed E-state index contributed by atoms with van der Waals surface area (Å²) in [5, 5.41) is 31.4. The van der Waals surface area contributed by atoms with Crippen LogP contribution < -0.4 is 151 Å². The van der Waals surface area contributed by atoms with Crippen molar-refractivity contribution in [1.29, 1.82) is 0 Å². The SMILES string of the molecule is NC(=O)C[C@H](NC(=O)[C@H](CCCN=C(N)N)NC(=O)[C@H](CCCN=C(N)N)NC(=O)[C@H](CC(N)=O)NC(=O)[C@H](CCCN=C(N)N)NC(=O)[C@H](CCCN=C(N)N)NC(=O)[C@H](CC(N)=O)NC(=O)[C@@H](N)CCCN=C(N)N)C(=O)N[C@@H](CCCN=C(N)N)C(=O)N[C@@H](CCCN=C(N)N)C(=O)O. The lowest BCUT2D eigenvalue weighted by atomic mass is 10.0. The Morgan fingerprint density at radius 2 is 0.392 bits per heavy atom. The van der Waals surface area contributed by atoms with Crippen molar-refractivity contribution in [3.63, 3.8) is 0 Å². The van der Waals surface area contributed by atoms with Crippen LogP contribution in [0.4, 0.5) is 0 Å². The van der Waals surface area contributed by atoms with E-state index in [9.17, 15) is 67.4 Å². The van der Waals surface area contributed by atoms with Gasteiger partial charge in [-0.1, -0.05) is 0 Å². The first-order valence-corrected chi connectivity index (χ1v) is 31.8. The number of amides is 12. The number of carboxylic acid groups (broad SMARTS) is 1. The van der Waals surface area contributed by atoms with Gasteiger partial charge >= 0.3 is 5.97 Å². The normalized spacial score (nSPS) is 13.5. The molecule has 0 aromatic heterocycles. The van der Waals surface area contributed by atoms with Crippen LogP contribution in [-0.2, 0) is 62.3 Å². The molecule has 0 heterocycles. The molecule has 0 aliphatic rings. The van der Waals surface area contributed by atoms with Gasteiger partial charge in [0.2, 0.25) is 70.9 Å². The lowest BCUT2D eigenvalue weighted by molar-refractivity contribution is -0.142. The zero-order valence-electron chi connectivity index (χ0n) is 56.5. The van der Waals surface area contributed by atoms with Crippen LogP contribution in [0.25, 0.3) is 0 Å². The van der Waals surface area contributed by atoms with Gasteiger partial charge in [0.1, 0.15) is 54.4 Å². The number of carbonyl (C=O) groups excluding carboxylic acids is 12. The van der Waals surface area contributed by atoms with Crippen molar-refractivity contribution in [3.05, 3.63) is 0 Å². The average Bonchev–Trinajstić information content (AvgIpc) is 1.03. The van der Waals surface area contributed by atoms with Crippen LogP contribution in [0.15, 0.2) is 34.9 Å². The summed E-state index contributed by atoms with van der Waals surface area (Å²) in [6, 6.07) is -16.8. The summed E-state index contributed by atoms with van der Waals surface area (Å²) in [6.45, 7) is -0.584. The summed E-state index contributed by atoms with van der Waals surface area (Å²) in [4.78, 5) is 204. The molecular formula is C54H104N34O14. The summed E-state index contributed by atoms with van der Waals surface area (Å²) in [5.41, 5.74) is 99.0. The number of hydrogen-bond acceptors (Lipinski definition) is 21. The monoisotopic (exact) mass is 1450 g/mol. The van der Waals surface area contributed by atoms with Gasteiger partial charge in [-0.25, -0.2) is 4.79 Å². The van der Waals surface area contributed by atoms with E-state index in [1.54, 1.807) is 0 Å². The van der Waals surface area contributed by atoms with Crippen LogP contribution in [0.5, 0.6) is 0 Å². The third kappa shape index (κ3) is 42.6. The predicted molar refractivity (Wildman–Crippen MR) is 374 cm³/mol. The maximum Gasteiger partial charge on any atom is 0.326 e. The molecule has 574 valence electrons. The third-order valence-electron chi connectivity index (χ3n) is 13.9. The number of primary amides is 3. The van der Waals surface area contributed by atoms with Crippen LogP contribution in [0, 0.1) is 0 Å². The van der Waals surface area contributed by atoms with Gasteiger partial charge < -0.3 is 156 Å². The molecule has 102 heavy (non-hydrogen) atoms. The Bertz CT molecular complexity index is 3020. The van der Waals surface area contributed by atoms with E-state index in [0.29, 0.717) is 0 Å². The number of guanidine groups is 7. The van der Waals surface area contributed by atoms with Crippen molar-refractivity contribution >= 4 is 119 Å². The number of aliphatic imine (C=N–C) groups is 7. The topological polar surface area (TPSA) is 905 Å². The number of carboxylic acids is 1. The van der Waals surface area contributed by atoms with Crippen LogP contribution in [0.2, 0.25) is 0 Å². The summed E-state index contributed by atoms with van der Waals surface area (Å²) in [7, 11) is 0. The molecule has 0 aliphatic carbocycles. The molecule has 0 unspecified atom stereocenters. The van der Waals surface area contributed by atoms with E-state index < -0.39 is 157 Å². The molecule has 0 spiro atoms. The van der Waals surface area contributed by atoms with Crippen molar-refractivity contribution in [1.82, 2.24) is 47.9 Å². The fourth-order valence-electron chi connectivity index (χ4n) is 8.96. The Balaban J connectivity index is 7.58. The maximum atomic E-state index is 14.6. The van der Waals surface area contributed by atoms with Gasteiger partial charge in [-0.2, -0.15) is 0 Å². The molecular weight excluding hydrogens is 1350 g/mol. The molecule has 12 amide bonds. The van der Waals surface area contributed by atoms with Crippen LogP contribution in [0.3, 0.4) is 0 Å². The Morgan fingerprint density at radius 1 is 0.235 bits per heavy atom. The minimum Gasteiger partial charge on any atom is -0.480 e. The zero-order chi connectivity index (χ0) is 77.6. The van der Waals surface area contributed by atoms with Gasteiger partial charge in [-0.05, 0) is 89.9 Å². The summed E-state index contributed by atoms with van der Waals surface area (Å²) in [5.74, 6) is -17.3. The van der Waals surface area contributed by atoms with Crippen LogP contribution >= 0.6 is 0 Å². The number of rotatable bonds is 53. The molecule has 0 aromatic rings. The summed E-state index contributed by atoms with van der Waals surface area (Å²) < 4.78 is 0. The second-order valence-corrected chi connectivity index (χ2v) is 22.6. The number of nitrogens with two attached hydrogens (primary N) is 18. The molecule has 0 saturated heterocycles. The van der Waals surface area contributed by atoms with E-state index >= 15 is 0 Å². The van der Waals surface area contributed by atoms with Gasteiger partial charge in [0.05, 0.1) is 25.3 Å². The van der Waals surface area contributed by atoms with E-state index in [2.05, 4.69) is 82.8 Å². The zero-order valence-corrected chi connectivity index (χ0v) is 56.5. The molecule has 48 nitrogen and oxygen atoms in total. The highest BCUT2D eigenvalue weighted by Crippen LogP contribution is 2.11. The van der Waals surface area contributed by atoms with E-state index in [4.69, 9.17) is 103 Å². The van der Waals surface area contributed by atoms with E-state index in [1.165, 1.54) is 0 Å². The molecule has 0 aliphatic heterocycles. The quantitative estimate of drug-likeness (QED) is 0.0153. The Morgan fingerprint density at radius 3 is 0.578 bits per heavy atom. The minimum absolute atomic E-state index is 0.0000350. The fraction of sp³-hybridized carbons (Fsp3) is 0.630. The number of nitrogens with one attached hydrogen (secondary N) is 9. The molecule has 48 heteroatoms. The molecule has 0 bridgehead atoms. The standard InChI is InChI=1S/C54H104N34O14/c55-25(8-1-15-73-48(59)60)38(92)86-32(22-35(56)89)44(98)82-26(9-2-16-74-49(61)62)39(93)80-29(12-5-19-77-52(67)68)42(96)87-33(23-36(57)90)45(99)83-27(10-3-17-75-50(63)64)40(94)81-30(13-6-20-78-53(69)70)43(97)88-34(24-37(58)91)46(100)84-28(11-4-18-76-51(65)66)41(95)85-31(47(101)102)14-7-21-79-54(71)72/h25-34H,1-24,55H2,(H2,56,89)(H2,57,90)(H2,58,91)(H,80,93)(H,81,94)(H,82,98)(H,83,99)(H,84,100)(H,85,95)(H,86,92)(H,87,96)(H,88,97)(H,101,102)(H4,59,60,73)(H4,61,62,74)(H4,63,64,75)(H4,65,66,76)(H4,67,68,77)(H4,69,70,78)(H4,71,72,79)/t25-,26-,27-,28-,29-,30-,31-,32-,33-,34-/m0/s1. The van der Waals surface area contributed by atoms with Gasteiger partial charge in [0.25, 0.3) is 0 Å². The molecule has 10 atom stereocenters. The third-order valence-corrected chi connectivity index (χ3v) is 13.9. The van der Waals surface area contributed by atoms with Crippen molar-refractivity contribution in [3.8, 4) is 0 Å². The van der Waals surface area contributed by atoms with E-state index in [1.807, 2.05) is 0 Å². The minimum atomic E-state index is -1.98. The lowest BCUT2D eigenvalue weighted by Gasteiger charge is -2.28. The molecule has 0 aromatic carbocycles. The highest BCUT2D eigenvalue weighted by molar-refractivity contribution is 6.00. The van der Waals surface area contributed by atoms with E-state index in [-0.39, 0.29) is 177 Å². The van der Waals surface area contributed by atoms with Crippen molar-refractivity contribution in [2.45, 2.75) is 170 Å². The van der Waals surface area contributed by atoms with E-state index in [0.717, 1.165) is 0 Å². The lowest BCUT2D eigenvalue weighted by Crippen LogP contribution is -2.61. The van der Waals surface area contributed by atoms with Crippen molar-refractivity contribution in [2.24, 2.45) is 138 Å². The first-order valence-electron chi connectivity index (χ1n) is 31.8. The highest BCUT2D eigenvalue weighted by Gasteiger charge is 2.37. The summed E-state index contributed by atoms with van der Waals surface area (Å²) in [6.07, 6.45) is -4.47. The van der Waals surface area contributed by atoms with Gasteiger partial charge in [-0.15, -0.1) is 0 Å². The van der Waals surface area contributed by atoms with Gasteiger partial charge in [0.15, 0.2) is 41.7 Å².